The molecule has 51 heavy (non-hydrogen) atoms. The third kappa shape index (κ3) is 5.31. The van der Waals surface area contributed by atoms with Crippen LogP contribution in [0.3, 0.4) is 0 Å². The Morgan fingerprint density at radius 2 is 0.725 bits per heavy atom. The second-order valence-corrected chi connectivity index (χ2v) is 12.9. The van der Waals surface area contributed by atoms with Crippen LogP contribution in [-0.4, -0.2) is 15.0 Å². The molecule has 0 fully saturated rings. The molecule has 0 amide bonds. The SMILES string of the molecule is c1ccc(-c2ccc(-c3ccc4oc5cc(-c6nc(-c7ccc8ccccc8c7)nc(-c7ccc8ccccc8c7)n6)ccc5c4c3)cc2)cc1. The second kappa shape index (κ2) is 11.9. The third-order valence-electron chi connectivity index (χ3n) is 9.71. The zero-order valence-corrected chi connectivity index (χ0v) is 27.5. The molecule has 2 aromatic heterocycles. The highest BCUT2D eigenvalue weighted by atomic mass is 16.3. The Labute approximate surface area is 294 Å². The Morgan fingerprint density at radius 3 is 1.33 bits per heavy atom. The van der Waals surface area contributed by atoms with Gasteiger partial charge in [0.25, 0.3) is 0 Å². The van der Waals surface area contributed by atoms with Gasteiger partial charge in [0.1, 0.15) is 11.2 Å². The predicted molar refractivity (Wildman–Crippen MR) is 209 cm³/mol. The van der Waals surface area contributed by atoms with Crippen molar-refractivity contribution in [2.45, 2.75) is 0 Å². The van der Waals surface area contributed by atoms with Gasteiger partial charge in [-0.15, -0.1) is 0 Å². The van der Waals surface area contributed by atoms with Gasteiger partial charge in [0.2, 0.25) is 0 Å². The molecule has 8 aromatic carbocycles. The number of rotatable bonds is 5. The smallest absolute Gasteiger partial charge is 0.164 e. The molecule has 10 rings (SSSR count). The molecule has 0 spiro atoms. The lowest BCUT2D eigenvalue weighted by atomic mass is 9.99. The summed E-state index contributed by atoms with van der Waals surface area (Å²) in [6, 6.07) is 61.2. The van der Waals surface area contributed by atoms with Gasteiger partial charge < -0.3 is 4.42 Å². The van der Waals surface area contributed by atoms with Crippen LogP contribution in [0, 0.1) is 0 Å². The Balaban J connectivity index is 1.07. The fourth-order valence-corrected chi connectivity index (χ4v) is 7.00. The molecule has 0 N–H and O–H groups in total. The number of hydrogen-bond donors (Lipinski definition) is 0. The maximum atomic E-state index is 6.44. The van der Waals surface area contributed by atoms with E-state index in [1.807, 2.05) is 12.1 Å². The highest BCUT2D eigenvalue weighted by Crippen LogP contribution is 2.36. The van der Waals surface area contributed by atoms with Crippen molar-refractivity contribution >= 4 is 43.5 Å². The monoisotopic (exact) mass is 651 g/mol. The van der Waals surface area contributed by atoms with Crippen molar-refractivity contribution in [3.8, 4) is 56.4 Å². The fourth-order valence-electron chi connectivity index (χ4n) is 7.00. The van der Waals surface area contributed by atoms with Crippen LogP contribution in [0.15, 0.2) is 180 Å². The van der Waals surface area contributed by atoms with E-state index in [4.69, 9.17) is 19.4 Å². The molecular formula is C47H29N3O. The number of nitrogens with zero attached hydrogens (tertiary/aromatic N) is 3. The Hall–Kier alpha value is -6.91. The summed E-state index contributed by atoms with van der Waals surface area (Å²) in [5, 5.41) is 6.75. The number of furan rings is 1. The summed E-state index contributed by atoms with van der Waals surface area (Å²) in [5.41, 5.74) is 9.10. The molecule has 4 heteroatoms. The number of fused-ring (bicyclic) bond motifs is 5. The van der Waals surface area contributed by atoms with Crippen LogP contribution < -0.4 is 0 Å². The van der Waals surface area contributed by atoms with E-state index in [0.717, 1.165) is 60.5 Å². The van der Waals surface area contributed by atoms with Gasteiger partial charge in [-0.1, -0.05) is 140 Å². The predicted octanol–water partition coefficient (Wildman–Crippen LogP) is 12.4. The van der Waals surface area contributed by atoms with Crippen molar-refractivity contribution in [1.82, 2.24) is 15.0 Å². The summed E-state index contributed by atoms with van der Waals surface area (Å²) in [4.78, 5) is 15.1. The molecular weight excluding hydrogens is 623 g/mol. The third-order valence-corrected chi connectivity index (χ3v) is 9.71. The molecule has 0 atom stereocenters. The van der Waals surface area contributed by atoms with E-state index in [0.29, 0.717) is 17.5 Å². The summed E-state index contributed by atoms with van der Waals surface area (Å²) in [6.45, 7) is 0. The maximum Gasteiger partial charge on any atom is 0.164 e. The van der Waals surface area contributed by atoms with E-state index >= 15 is 0 Å². The zero-order chi connectivity index (χ0) is 33.7. The van der Waals surface area contributed by atoms with Gasteiger partial charge in [-0.05, 0) is 80.2 Å². The molecule has 0 aliphatic heterocycles. The standard InChI is InChI=1S/C47H29N3O/c1-2-8-30(9-3-1)33-14-16-34(17-15-33)37-23-25-43-42(28-37)41-24-22-40(29-44(41)51-43)47-49-45(38-20-18-31-10-4-6-12-35(31)26-38)48-46(50-47)39-21-19-32-11-5-7-13-36(32)27-39/h1-29H. The first-order valence-electron chi connectivity index (χ1n) is 17.1. The zero-order valence-electron chi connectivity index (χ0n) is 27.5. The van der Waals surface area contributed by atoms with Crippen LogP contribution in [0.4, 0.5) is 0 Å². The van der Waals surface area contributed by atoms with Crippen molar-refractivity contribution in [1.29, 1.82) is 0 Å². The van der Waals surface area contributed by atoms with Gasteiger partial charge in [-0.3, -0.25) is 0 Å². The molecule has 238 valence electrons. The molecule has 0 saturated carbocycles. The molecule has 10 aromatic rings. The van der Waals surface area contributed by atoms with Crippen LogP contribution in [0.5, 0.6) is 0 Å². The Kier molecular flexibility index (Phi) is 6.78. The van der Waals surface area contributed by atoms with Gasteiger partial charge in [-0.25, -0.2) is 15.0 Å². The number of aromatic nitrogens is 3. The van der Waals surface area contributed by atoms with Gasteiger partial charge in [0.05, 0.1) is 0 Å². The highest BCUT2D eigenvalue weighted by molar-refractivity contribution is 6.07. The Bertz CT molecular complexity index is 2810. The van der Waals surface area contributed by atoms with E-state index in [2.05, 4.69) is 164 Å². The summed E-state index contributed by atoms with van der Waals surface area (Å²) in [7, 11) is 0. The summed E-state index contributed by atoms with van der Waals surface area (Å²) in [5.74, 6) is 1.85. The normalized spacial score (nSPS) is 11.5. The average Bonchev–Trinajstić information content (AvgIpc) is 3.58. The van der Waals surface area contributed by atoms with E-state index in [-0.39, 0.29) is 0 Å². The van der Waals surface area contributed by atoms with Crippen molar-refractivity contribution in [2.24, 2.45) is 0 Å². The van der Waals surface area contributed by atoms with Crippen molar-refractivity contribution < 1.29 is 4.42 Å². The lowest BCUT2D eigenvalue weighted by Gasteiger charge is -2.10. The second-order valence-electron chi connectivity index (χ2n) is 12.9. The minimum atomic E-state index is 0.595. The van der Waals surface area contributed by atoms with Gasteiger partial charge in [0, 0.05) is 27.5 Å². The lowest BCUT2D eigenvalue weighted by Crippen LogP contribution is -2.00. The molecule has 0 radical (unpaired) electrons. The molecule has 0 aliphatic rings. The number of benzene rings is 8. The first-order valence-corrected chi connectivity index (χ1v) is 17.1. The molecule has 4 nitrogen and oxygen atoms in total. The number of hydrogen-bond acceptors (Lipinski definition) is 4. The van der Waals surface area contributed by atoms with Gasteiger partial charge in [-0.2, -0.15) is 0 Å². The summed E-state index contributed by atoms with van der Waals surface area (Å²) < 4.78 is 6.44. The van der Waals surface area contributed by atoms with Crippen molar-refractivity contribution in [3.05, 3.63) is 176 Å². The average molecular weight is 652 g/mol. The maximum absolute atomic E-state index is 6.44. The van der Waals surface area contributed by atoms with Gasteiger partial charge in [0.15, 0.2) is 17.5 Å². The van der Waals surface area contributed by atoms with E-state index in [1.54, 1.807) is 0 Å². The highest BCUT2D eigenvalue weighted by Gasteiger charge is 2.16. The molecule has 2 heterocycles. The van der Waals surface area contributed by atoms with Crippen LogP contribution in [0.2, 0.25) is 0 Å². The van der Waals surface area contributed by atoms with E-state index in [9.17, 15) is 0 Å². The van der Waals surface area contributed by atoms with Crippen LogP contribution in [0.1, 0.15) is 0 Å². The fraction of sp³-hybridized carbons (Fsp3) is 0. The van der Waals surface area contributed by atoms with E-state index < -0.39 is 0 Å². The topological polar surface area (TPSA) is 51.8 Å². The molecule has 0 saturated heterocycles. The van der Waals surface area contributed by atoms with Crippen molar-refractivity contribution in [2.75, 3.05) is 0 Å². The van der Waals surface area contributed by atoms with Gasteiger partial charge >= 0.3 is 0 Å². The van der Waals surface area contributed by atoms with Crippen LogP contribution in [0.25, 0.3) is 99.9 Å². The van der Waals surface area contributed by atoms with Crippen LogP contribution >= 0.6 is 0 Å². The Morgan fingerprint density at radius 1 is 0.275 bits per heavy atom. The molecule has 0 unspecified atom stereocenters. The lowest BCUT2D eigenvalue weighted by molar-refractivity contribution is 0.669. The summed E-state index contributed by atoms with van der Waals surface area (Å²) >= 11 is 0. The minimum absolute atomic E-state index is 0.595. The summed E-state index contributed by atoms with van der Waals surface area (Å²) in [6.07, 6.45) is 0. The van der Waals surface area contributed by atoms with Crippen LogP contribution in [-0.2, 0) is 0 Å². The quantitative estimate of drug-likeness (QED) is 0.186. The van der Waals surface area contributed by atoms with E-state index in [1.165, 1.54) is 21.9 Å². The first kappa shape index (κ1) is 29.0. The molecule has 0 aliphatic carbocycles. The minimum Gasteiger partial charge on any atom is -0.456 e. The largest absolute Gasteiger partial charge is 0.456 e. The first-order chi connectivity index (χ1) is 25.2. The molecule has 0 bridgehead atoms. The van der Waals surface area contributed by atoms with Crippen molar-refractivity contribution in [3.63, 3.8) is 0 Å².